The number of benzene rings is 2. The number of nitrogens with zero attached hydrogens (tertiary/aromatic N) is 2. The molecule has 1 heterocycles. The van der Waals surface area contributed by atoms with E-state index in [2.05, 4.69) is 22.4 Å². The van der Waals surface area contributed by atoms with E-state index in [-0.39, 0.29) is 11.0 Å². The summed E-state index contributed by atoms with van der Waals surface area (Å²) in [6.45, 7) is 4.00. The van der Waals surface area contributed by atoms with Gasteiger partial charge in [0.15, 0.2) is 10.1 Å². The molecule has 0 bridgehead atoms. The van der Waals surface area contributed by atoms with Crippen LogP contribution >= 0.6 is 23.1 Å². The van der Waals surface area contributed by atoms with Crippen molar-refractivity contribution in [3.05, 3.63) is 59.7 Å². The lowest BCUT2D eigenvalue weighted by molar-refractivity contribution is 0.0994. The molecule has 1 N–H and O–H groups in total. The number of para-hydroxylation sites is 2. The Bertz CT molecular complexity index is 910. The maximum Gasteiger partial charge on any atom is 0.210 e. The molecule has 0 unspecified atom stereocenters. The minimum atomic E-state index is -0.232. The number of Topliss-reactive ketones (excluding diaryl/α,β-unsaturated/α-hetero) is 1. The van der Waals surface area contributed by atoms with Gasteiger partial charge in [-0.2, -0.15) is 0 Å². The highest BCUT2D eigenvalue weighted by Crippen LogP contribution is 2.33. The number of thioether (sulfide) groups is 1. The number of aryl methyl sites for hydroxylation is 1. The van der Waals surface area contributed by atoms with Crippen LogP contribution in [-0.2, 0) is 6.42 Å². The molecule has 0 saturated carbocycles. The van der Waals surface area contributed by atoms with E-state index >= 15 is 0 Å². The summed E-state index contributed by atoms with van der Waals surface area (Å²) < 4.78 is 6.08. The summed E-state index contributed by atoms with van der Waals surface area (Å²) in [5.74, 6) is 0.832. The Balaban J connectivity index is 1.65. The third-order valence-electron chi connectivity index (χ3n) is 4.05. The Morgan fingerprint density at radius 3 is 2.63 bits per heavy atom. The van der Waals surface area contributed by atoms with E-state index in [0.717, 1.165) is 27.8 Å². The van der Waals surface area contributed by atoms with Gasteiger partial charge in [-0.05, 0) is 31.0 Å². The van der Waals surface area contributed by atoms with Gasteiger partial charge in [-0.3, -0.25) is 4.79 Å². The average molecular weight is 400 g/mol. The topological polar surface area (TPSA) is 64.1 Å². The van der Waals surface area contributed by atoms with Crippen molar-refractivity contribution in [1.29, 1.82) is 0 Å². The van der Waals surface area contributed by atoms with E-state index < -0.39 is 0 Å². The highest BCUT2D eigenvalue weighted by Gasteiger charge is 2.19. The van der Waals surface area contributed by atoms with Gasteiger partial charge in [-0.25, -0.2) is 0 Å². The predicted octanol–water partition coefficient (Wildman–Crippen LogP) is 5.22. The van der Waals surface area contributed by atoms with Gasteiger partial charge in [0.25, 0.3) is 0 Å². The zero-order valence-electron chi connectivity index (χ0n) is 15.4. The zero-order valence-corrected chi connectivity index (χ0v) is 17.1. The van der Waals surface area contributed by atoms with E-state index in [0.29, 0.717) is 5.13 Å². The summed E-state index contributed by atoms with van der Waals surface area (Å²) in [6.07, 6.45) is 0.964. The SMILES string of the molecule is CCc1ccc(C(=O)[C@@H](C)Sc2nnc(Nc3ccccc3OC)s2)cc1. The van der Waals surface area contributed by atoms with Crippen molar-refractivity contribution in [3.63, 3.8) is 0 Å². The van der Waals surface area contributed by atoms with E-state index in [1.54, 1.807) is 7.11 Å². The summed E-state index contributed by atoms with van der Waals surface area (Å²) in [4.78, 5) is 12.6. The molecule has 0 aliphatic rings. The molecule has 0 fully saturated rings. The molecular weight excluding hydrogens is 378 g/mol. The van der Waals surface area contributed by atoms with Gasteiger partial charge in [-0.1, -0.05) is 66.4 Å². The van der Waals surface area contributed by atoms with Gasteiger partial charge in [0.2, 0.25) is 5.13 Å². The lowest BCUT2D eigenvalue weighted by Gasteiger charge is -2.08. The van der Waals surface area contributed by atoms with E-state index in [9.17, 15) is 4.79 Å². The van der Waals surface area contributed by atoms with Crippen LogP contribution in [0.5, 0.6) is 5.75 Å². The first-order valence-corrected chi connectivity index (χ1v) is 10.3. The van der Waals surface area contributed by atoms with Crippen molar-refractivity contribution >= 4 is 39.7 Å². The molecule has 0 spiro atoms. The Labute approximate surface area is 167 Å². The van der Waals surface area contributed by atoms with Crippen molar-refractivity contribution in [3.8, 4) is 5.75 Å². The quantitative estimate of drug-likeness (QED) is 0.414. The van der Waals surface area contributed by atoms with E-state index in [4.69, 9.17) is 4.74 Å². The highest BCUT2D eigenvalue weighted by atomic mass is 32.2. The summed E-state index contributed by atoms with van der Waals surface area (Å²) >= 11 is 2.84. The van der Waals surface area contributed by atoms with Crippen LogP contribution in [0.25, 0.3) is 0 Å². The van der Waals surface area contributed by atoms with Crippen molar-refractivity contribution in [2.24, 2.45) is 0 Å². The molecule has 0 radical (unpaired) electrons. The molecule has 0 amide bonds. The number of ketones is 1. The summed E-state index contributed by atoms with van der Waals surface area (Å²) in [5.41, 5.74) is 2.78. The number of rotatable bonds is 8. The van der Waals surface area contributed by atoms with Crippen LogP contribution in [0.3, 0.4) is 0 Å². The second-order valence-electron chi connectivity index (χ2n) is 5.87. The zero-order chi connectivity index (χ0) is 19.2. The molecule has 3 rings (SSSR count). The standard InChI is InChI=1S/C20H21N3O2S2/c1-4-14-9-11-15(12-10-14)18(24)13(2)26-20-23-22-19(27-20)21-16-7-5-6-8-17(16)25-3/h5-13H,4H2,1-3H3,(H,21,22)/t13-/m1/s1. The molecule has 1 aromatic heterocycles. The largest absolute Gasteiger partial charge is 0.495 e. The summed E-state index contributed by atoms with van der Waals surface area (Å²) in [5, 5.41) is 12.0. The molecule has 5 nitrogen and oxygen atoms in total. The van der Waals surface area contributed by atoms with Crippen molar-refractivity contribution in [2.75, 3.05) is 12.4 Å². The maximum atomic E-state index is 12.6. The molecule has 0 aliphatic carbocycles. The van der Waals surface area contributed by atoms with Gasteiger partial charge < -0.3 is 10.1 Å². The fourth-order valence-corrected chi connectivity index (χ4v) is 4.50. The number of hydrogen-bond acceptors (Lipinski definition) is 7. The van der Waals surface area contributed by atoms with Crippen LogP contribution in [0, 0.1) is 0 Å². The molecular formula is C20H21N3O2S2. The average Bonchev–Trinajstić information content (AvgIpc) is 3.14. The number of anilines is 2. The first kappa shape index (κ1) is 19.4. The molecule has 3 aromatic rings. The van der Waals surface area contributed by atoms with Crippen LogP contribution in [0.1, 0.15) is 29.8 Å². The van der Waals surface area contributed by atoms with Crippen molar-refractivity contribution in [2.45, 2.75) is 29.9 Å². The fraction of sp³-hybridized carbons (Fsp3) is 0.250. The third kappa shape index (κ3) is 4.87. The van der Waals surface area contributed by atoms with Crippen molar-refractivity contribution < 1.29 is 9.53 Å². The van der Waals surface area contributed by atoms with Crippen LogP contribution in [0.4, 0.5) is 10.8 Å². The number of carbonyl (C=O) groups is 1. The Morgan fingerprint density at radius 2 is 1.93 bits per heavy atom. The van der Waals surface area contributed by atoms with E-state index in [1.807, 2.05) is 55.5 Å². The number of carbonyl (C=O) groups excluding carboxylic acids is 1. The maximum absolute atomic E-state index is 12.6. The van der Waals surface area contributed by atoms with E-state index in [1.165, 1.54) is 28.7 Å². The second kappa shape index (κ2) is 9.01. The van der Waals surface area contributed by atoms with Gasteiger partial charge in [0.1, 0.15) is 5.75 Å². The Morgan fingerprint density at radius 1 is 1.19 bits per heavy atom. The second-order valence-corrected chi connectivity index (χ2v) is 8.44. The predicted molar refractivity (Wildman–Crippen MR) is 112 cm³/mol. The van der Waals surface area contributed by atoms with Crippen LogP contribution in [-0.4, -0.2) is 28.3 Å². The minimum Gasteiger partial charge on any atom is -0.495 e. The molecule has 2 aromatic carbocycles. The van der Waals surface area contributed by atoms with Gasteiger partial charge in [-0.15, -0.1) is 10.2 Å². The summed E-state index contributed by atoms with van der Waals surface area (Å²) in [6, 6.07) is 15.4. The Kier molecular flexibility index (Phi) is 6.47. The molecule has 1 atom stereocenters. The fourth-order valence-electron chi connectivity index (χ4n) is 2.52. The Hall–Kier alpha value is -2.38. The number of hydrogen-bond donors (Lipinski definition) is 1. The van der Waals surface area contributed by atoms with Gasteiger partial charge >= 0.3 is 0 Å². The van der Waals surface area contributed by atoms with Crippen LogP contribution in [0.15, 0.2) is 52.9 Å². The summed E-state index contributed by atoms with van der Waals surface area (Å²) in [7, 11) is 1.63. The first-order valence-electron chi connectivity index (χ1n) is 8.64. The van der Waals surface area contributed by atoms with Gasteiger partial charge in [0, 0.05) is 5.56 Å². The number of nitrogens with one attached hydrogen (secondary N) is 1. The highest BCUT2D eigenvalue weighted by molar-refractivity contribution is 8.02. The van der Waals surface area contributed by atoms with Gasteiger partial charge in [0.05, 0.1) is 18.0 Å². The minimum absolute atomic E-state index is 0.0945. The number of methoxy groups -OCH3 is 1. The molecule has 140 valence electrons. The smallest absolute Gasteiger partial charge is 0.210 e. The lowest BCUT2D eigenvalue weighted by atomic mass is 10.1. The lowest BCUT2D eigenvalue weighted by Crippen LogP contribution is -2.13. The molecule has 27 heavy (non-hydrogen) atoms. The molecule has 7 heteroatoms. The molecule has 0 aliphatic heterocycles. The molecule has 0 saturated heterocycles. The third-order valence-corrected chi connectivity index (χ3v) is 6.07. The van der Waals surface area contributed by atoms with Crippen molar-refractivity contribution in [1.82, 2.24) is 10.2 Å². The van der Waals surface area contributed by atoms with Crippen LogP contribution < -0.4 is 10.1 Å². The number of aromatic nitrogens is 2. The monoisotopic (exact) mass is 399 g/mol. The first-order chi connectivity index (χ1) is 13.1. The normalized spacial score (nSPS) is 11.8. The number of ether oxygens (including phenoxy) is 1. The van der Waals surface area contributed by atoms with Crippen LogP contribution in [0.2, 0.25) is 0 Å².